The number of nitrogens with zero attached hydrogens (tertiary/aromatic N) is 5. The standard InChI is InChI=1S/C24H24N5O2.2ClH.Fe/c1-17(30)28(3)23-11-7-19(8-12-23)25-15-21-5-6-22(27-21)16-26-20-9-13-24(14-10-20)29(4)18(2)31;;;/h5-16H,1-4H3;2*1H;/q-1;;;+3/p-2. The second kappa shape index (κ2) is 13.7. The molecule has 0 saturated carbocycles. The molecule has 10 heteroatoms. The van der Waals surface area contributed by atoms with Crippen molar-refractivity contribution < 1.29 is 22.7 Å². The first kappa shape index (κ1) is 27.3. The molecule has 3 aromatic rings. The van der Waals surface area contributed by atoms with Crippen LogP contribution in [0.3, 0.4) is 0 Å². The van der Waals surface area contributed by atoms with E-state index in [1.807, 2.05) is 60.7 Å². The van der Waals surface area contributed by atoms with E-state index in [2.05, 4.69) is 15.0 Å². The van der Waals surface area contributed by atoms with Crippen LogP contribution in [0.5, 0.6) is 0 Å². The second-order valence-corrected chi connectivity index (χ2v) is 8.87. The van der Waals surface area contributed by atoms with Crippen LogP contribution in [0.15, 0.2) is 70.6 Å². The molecule has 0 atom stereocenters. The molecule has 0 aliphatic carbocycles. The molecule has 0 spiro atoms. The van der Waals surface area contributed by atoms with Crippen molar-refractivity contribution in [3.63, 3.8) is 0 Å². The molecule has 0 unspecified atom stereocenters. The molecule has 7 nitrogen and oxygen atoms in total. The maximum absolute atomic E-state index is 11.4. The van der Waals surface area contributed by atoms with Gasteiger partial charge < -0.3 is 14.8 Å². The van der Waals surface area contributed by atoms with E-state index in [1.54, 1.807) is 36.3 Å². The first-order chi connectivity index (χ1) is 16.2. The van der Waals surface area contributed by atoms with Gasteiger partial charge in [0, 0.05) is 51.7 Å². The minimum absolute atomic E-state index is 0.0224. The monoisotopic (exact) mass is 540 g/mol. The van der Waals surface area contributed by atoms with E-state index in [0.29, 0.717) is 0 Å². The summed E-state index contributed by atoms with van der Waals surface area (Å²) in [6.45, 7) is 3.05. The van der Waals surface area contributed by atoms with Crippen molar-refractivity contribution in [2.45, 2.75) is 13.8 Å². The Balaban J connectivity index is 0.00000129. The fraction of sp³-hybridized carbons (Fsp3) is 0.167. The minimum atomic E-state index is -0.0224. The number of hydrogen-bond donors (Lipinski definition) is 0. The fourth-order valence-corrected chi connectivity index (χ4v) is 2.71. The molecule has 0 aliphatic rings. The van der Waals surface area contributed by atoms with Gasteiger partial charge in [0.2, 0.25) is 11.8 Å². The molecule has 3 rings (SSSR count). The van der Waals surface area contributed by atoms with Gasteiger partial charge in [-0.05, 0) is 48.5 Å². The molecule has 0 N–H and O–H groups in total. The number of aromatic nitrogens is 1. The van der Waals surface area contributed by atoms with Crippen molar-refractivity contribution in [2.24, 2.45) is 9.98 Å². The van der Waals surface area contributed by atoms with Gasteiger partial charge >= 0.3 is 33.3 Å². The van der Waals surface area contributed by atoms with Gasteiger partial charge in [-0.1, -0.05) is 12.1 Å². The Hall–Kier alpha value is -2.90. The summed E-state index contributed by atoms with van der Waals surface area (Å²) in [6, 6.07) is 18.5. The van der Waals surface area contributed by atoms with Crippen molar-refractivity contribution in [3.8, 4) is 0 Å². The second-order valence-electron chi connectivity index (χ2n) is 7.05. The van der Waals surface area contributed by atoms with Crippen LogP contribution in [0.4, 0.5) is 22.7 Å². The molecule has 2 amide bonds. The van der Waals surface area contributed by atoms with Crippen LogP contribution < -0.4 is 14.8 Å². The molecular formula is C24H24Cl2FeN5O2. The fourth-order valence-electron chi connectivity index (χ4n) is 2.71. The molecule has 1 heterocycles. The van der Waals surface area contributed by atoms with Gasteiger partial charge in [0.15, 0.2) is 0 Å². The molecule has 0 aliphatic heterocycles. The van der Waals surface area contributed by atoms with E-state index in [0.717, 1.165) is 34.1 Å². The van der Waals surface area contributed by atoms with Crippen molar-refractivity contribution in [1.82, 2.24) is 4.98 Å². The Kier molecular flexibility index (Phi) is 11.0. The summed E-state index contributed by atoms with van der Waals surface area (Å²) < 4.78 is 0. The normalized spacial score (nSPS) is 10.8. The Morgan fingerprint density at radius 2 is 1.06 bits per heavy atom. The number of carbonyl (C=O) groups is 2. The molecule has 34 heavy (non-hydrogen) atoms. The summed E-state index contributed by atoms with van der Waals surface area (Å²) in [5, 5.41) is 0. The van der Waals surface area contributed by atoms with Gasteiger partial charge in [-0.2, -0.15) is 0 Å². The molecule has 2 aromatic carbocycles. The van der Waals surface area contributed by atoms with Gasteiger partial charge in [-0.25, -0.2) is 0 Å². The summed E-state index contributed by atoms with van der Waals surface area (Å²) in [4.78, 5) is 39.3. The number of rotatable bonds is 6. The third kappa shape index (κ3) is 8.46. The first-order valence-electron chi connectivity index (χ1n) is 10.0. The van der Waals surface area contributed by atoms with Gasteiger partial charge in [0.05, 0.1) is 11.4 Å². The third-order valence-electron chi connectivity index (χ3n) is 4.79. The average Bonchev–Trinajstić information content (AvgIpc) is 3.29. The molecular weight excluding hydrogens is 517 g/mol. The summed E-state index contributed by atoms with van der Waals surface area (Å²) in [5.41, 5.74) is 4.63. The quantitative estimate of drug-likeness (QED) is 0.306. The number of carbonyl (C=O) groups excluding carboxylic acids is 2. The van der Waals surface area contributed by atoms with Gasteiger partial charge in [-0.15, -0.1) is 11.4 Å². The molecule has 1 aromatic heterocycles. The van der Waals surface area contributed by atoms with Crippen LogP contribution in [-0.2, 0) is 22.7 Å². The summed E-state index contributed by atoms with van der Waals surface area (Å²) >= 11 is 0.194. The van der Waals surface area contributed by atoms with Crippen LogP contribution in [0.25, 0.3) is 0 Å². The van der Waals surface area contributed by atoms with E-state index >= 15 is 0 Å². The van der Waals surface area contributed by atoms with Crippen molar-refractivity contribution >= 4 is 67.2 Å². The Labute approximate surface area is 214 Å². The number of anilines is 2. The average molecular weight is 541 g/mol. The topological polar surface area (TPSA) is 79.4 Å². The molecule has 0 bridgehead atoms. The Bertz CT molecular complexity index is 1060. The predicted octanol–water partition coefficient (Wildman–Crippen LogP) is 5.49. The van der Waals surface area contributed by atoms with Crippen LogP contribution in [0, 0.1) is 0 Å². The predicted molar refractivity (Wildman–Crippen MR) is 137 cm³/mol. The summed E-state index contributed by atoms with van der Waals surface area (Å²) in [5.74, 6) is -0.0449. The van der Waals surface area contributed by atoms with Crippen molar-refractivity contribution in [1.29, 1.82) is 0 Å². The summed E-state index contributed by atoms with van der Waals surface area (Å²) in [6.07, 6.45) is 3.38. The zero-order valence-corrected chi connectivity index (χ0v) is 21.7. The number of amides is 2. The third-order valence-corrected chi connectivity index (χ3v) is 4.79. The first-order valence-corrected chi connectivity index (χ1v) is 13.0. The van der Waals surface area contributed by atoms with Crippen LogP contribution in [0.2, 0.25) is 0 Å². The van der Waals surface area contributed by atoms with Crippen LogP contribution in [-0.4, -0.2) is 38.3 Å². The summed E-state index contributed by atoms with van der Waals surface area (Å²) in [7, 11) is 13.0. The molecule has 179 valence electrons. The molecule has 0 fully saturated rings. The Morgan fingerprint density at radius 1 is 0.735 bits per heavy atom. The van der Waals surface area contributed by atoms with Crippen LogP contribution >= 0.6 is 20.2 Å². The number of benzene rings is 2. The Morgan fingerprint density at radius 3 is 1.35 bits per heavy atom. The van der Waals surface area contributed by atoms with E-state index in [-0.39, 0.29) is 24.9 Å². The van der Waals surface area contributed by atoms with E-state index in [1.165, 1.54) is 13.8 Å². The number of halogens is 2. The SMILES string of the molecule is CC(=O)N(C)c1ccc(N=Cc2ccc(C=Nc3ccc(N(C)C(C)=O)cc3)[n-]2)cc1.[Cl][Fe+][Cl]. The van der Waals surface area contributed by atoms with Crippen molar-refractivity contribution in [3.05, 3.63) is 72.1 Å². The molecule has 0 saturated heterocycles. The number of hydrogen-bond acceptors (Lipinski definition) is 4. The van der Waals surface area contributed by atoms with Crippen molar-refractivity contribution in [2.75, 3.05) is 23.9 Å². The zero-order chi connectivity index (χ0) is 25.1. The van der Waals surface area contributed by atoms with Gasteiger partial charge in [0.1, 0.15) is 0 Å². The van der Waals surface area contributed by atoms with Crippen LogP contribution in [0.1, 0.15) is 25.2 Å². The van der Waals surface area contributed by atoms with Gasteiger partial charge in [-0.3, -0.25) is 19.6 Å². The van der Waals surface area contributed by atoms with E-state index in [9.17, 15) is 9.59 Å². The van der Waals surface area contributed by atoms with E-state index in [4.69, 9.17) is 20.2 Å². The zero-order valence-electron chi connectivity index (χ0n) is 19.1. The van der Waals surface area contributed by atoms with E-state index < -0.39 is 0 Å². The molecule has 0 radical (unpaired) electrons. The van der Waals surface area contributed by atoms with Gasteiger partial charge in [0.25, 0.3) is 0 Å². The maximum atomic E-state index is 11.4. The number of aliphatic imine (C=N–C) groups is 2.